The fourth-order valence-electron chi connectivity index (χ4n) is 3.05. The minimum Gasteiger partial charge on any atom is -0.319 e. The van der Waals surface area contributed by atoms with Crippen LogP contribution in [0.2, 0.25) is 0 Å². The first-order chi connectivity index (χ1) is 13.1. The summed E-state index contributed by atoms with van der Waals surface area (Å²) in [7, 11) is 0. The monoisotopic (exact) mass is 393 g/mol. The van der Waals surface area contributed by atoms with Crippen LogP contribution in [0, 0.1) is 12.8 Å². The number of hydrogen-bond donors (Lipinski definition) is 0. The standard InChI is InChI=1S/C22H23N3S2/c1-15(2)12-25-20-7-5-4-6-19(20)24-22(25)27-14-18-13-26-21(23-18)17-10-8-16(3)9-11-17/h4-11,13,15H,12,14H2,1-3H3. The van der Waals surface area contributed by atoms with Gasteiger partial charge in [-0.1, -0.05) is 67.6 Å². The predicted molar refractivity (Wildman–Crippen MR) is 116 cm³/mol. The van der Waals surface area contributed by atoms with Crippen molar-refractivity contribution in [3.63, 3.8) is 0 Å². The van der Waals surface area contributed by atoms with Gasteiger partial charge in [0.05, 0.1) is 16.7 Å². The molecule has 0 radical (unpaired) electrons. The molecule has 2 aromatic heterocycles. The number of hydrogen-bond acceptors (Lipinski definition) is 4. The van der Waals surface area contributed by atoms with Crippen LogP contribution in [0.25, 0.3) is 21.6 Å². The quantitative estimate of drug-likeness (QED) is 0.354. The number of benzene rings is 2. The van der Waals surface area contributed by atoms with Crippen molar-refractivity contribution in [2.45, 2.75) is 38.2 Å². The maximum absolute atomic E-state index is 4.86. The number of aromatic nitrogens is 3. The van der Waals surface area contributed by atoms with Crippen LogP contribution in [-0.2, 0) is 12.3 Å². The highest BCUT2D eigenvalue weighted by molar-refractivity contribution is 7.98. The maximum atomic E-state index is 4.86. The Morgan fingerprint density at radius 2 is 1.81 bits per heavy atom. The Kier molecular flexibility index (Phi) is 5.32. The molecule has 0 aliphatic carbocycles. The molecule has 4 aromatic rings. The van der Waals surface area contributed by atoms with Crippen LogP contribution >= 0.6 is 23.1 Å². The third-order valence-corrected chi connectivity index (χ3v) is 6.32. The van der Waals surface area contributed by atoms with Gasteiger partial charge in [0.2, 0.25) is 0 Å². The summed E-state index contributed by atoms with van der Waals surface area (Å²) in [5.74, 6) is 1.42. The number of thioether (sulfide) groups is 1. The van der Waals surface area contributed by atoms with Gasteiger partial charge in [-0.25, -0.2) is 9.97 Å². The fraction of sp³-hybridized carbons (Fsp3) is 0.273. The molecule has 27 heavy (non-hydrogen) atoms. The highest BCUT2D eigenvalue weighted by atomic mass is 32.2. The highest BCUT2D eigenvalue weighted by Crippen LogP contribution is 2.30. The molecule has 0 amide bonds. The molecule has 4 rings (SSSR count). The van der Waals surface area contributed by atoms with Crippen LogP contribution in [-0.4, -0.2) is 14.5 Å². The summed E-state index contributed by atoms with van der Waals surface area (Å²) in [5.41, 5.74) is 5.86. The molecule has 0 N–H and O–H groups in total. The summed E-state index contributed by atoms with van der Waals surface area (Å²) in [4.78, 5) is 9.69. The van der Waals surface area contributed by atoms with Gasteiger partial charge < -0.3 is 4.57 Å². The molecule has 0 aliphatic rings. The lowest BCUT2D eigenvalue weighted by molar-refractivity contribution is 0.505. The zero-order valence-corrected chi connectivity index (χ0v) is 17.5. The van der Waals surface area contributed by atoms with Gasteiger partial charge in [0.1, 0.15) is 5.01 Å². The molecule has 0 aliphatic heterocycles. The number of rotatable bonds is 6. The molecule has 0 fully saturated rings. The summed E-state index contributed by atoms with van der Waals surface area (Å²) in [6, 6.07) is 17.0. The summed E-state index contributed by atoms with van der Waals surface area (Å²) in [5, 5.41) is 4.33. The van der Waals surface area contributed by atoms with E-state index in [1.165, 1.54) is 16.6 Å². The van der Waals surface area contributed by atoms with Gasteiger partial charge in [-0.2, -0.15) is 0 Å². The molecule has 3 nitrogen and oxygen atoms in total. The van der Waals surface area contributed by atoms with Crippen LogP contribution in [0.4, 0.5) is 0 Å². The van der Waals surface area contributed by atoms with Crippen molar-refractivity contribution in [2.75, 3.05) is 0 Å². The molecular weight excluding hydrogens is 370 g/mol. The number of aryl methyl sites for hydroxylation is 1. The van der Waals surface area contributed by atoms with Crippen LogP contribution < -0.4 is 0 Å². The van der Waals surface area contributed by atoms with Crippen molar-refractivity contribution < 1.29 is 0 Å². The Morgan fingerprint density at radius 3 is 2.59 bits per heavy atom. The SMILES string of the molecule is Cc1ccc(-c2nc(CSc3nc4ccccc4n3CC(C)C)cs2)cc1. The van der Waals surface area contributed by atoms with E-state index in [0.717, 1.165) is 33.7 Å². The lowest BCUT2D eigenvalue weighted by Gasteiger charge is -2.10. The first kappa shape index (κ1) is 18.3. The molecule has 2 heterocycles. The summed E-state index contributed by atoms with van der Waals surface area (Å²) >= 11 is 3.49. The average molecular weight is 394 g/mol. The van der Waals surface area contributed by atoms with Gasteiger partial charge in [-0.3, -0.25) is 0 Å². The molecule has 138 valence electrons. The molecule has 0 saturated heterocycles. The van der Waals surface area contributed by atoms with Gasteiger partial charge in [0.15, 0.2) is 5.16 Å². The third-order valence-electron chi connectivity index (χ3n) is 4.37. The van der Waals surface area contributed by atoms with E-state index in [4.69, 9.17) is 9.97 Å². The zero-order valence-electron chi connectivity index (χ0n) is 15.8. The molecule has 0 bridgehead atoms. The lowest BCUT2D eigenvalue weighted by atomic mass is 10.2. The largest absolute Gasteiger partial charge is 0.319 e. The van der Waals surface area contributed by atoms with Gasteiger partial charge in [0, 0.05) is 23.2 Å². The van der Waals surface area contributed by atoms with Crippen molar-refractivity contribution in [2.24, 2.45) is 5.92 Å². The average Bonchev–Trinajstić information content (AvgIpc) is 3.26. The summed E-state index contributed by atoms with van der Waals surface area (Å²) in [6.07, 6.45) is 0. The third kappa shape index (κ3) is 4.09. The topological polar surface area (TPSA) is 30.7 Å². The molecule has 5 heteroatoms. The van der Waals surface area contributed by atoms with E-state index in [-0.39, 0.29) is 0 Å². The molecule has 0 saturated carbocycles. The number of para-hydroxylation sites is 2. The molecule has 0 atom stereocenters. The highest BCUT2D eigenvalue weighted by Gasteiger charge is 2.13. The van der Waals surface area contributed by atoms with Gasteiger partial charge in [-0.05, 0) is 25.0 Å². The van der Waals surface area contributed by atoms with Crippen molar-refractivity contribution in [1.29, 1.82) is 0 Å². The van der Waals surface area contributed by atoms with E-state index in [2.05, 4.69) is 79.2 Å². The number of thiazole rings is 1. The smallest absolute Gasteiger partial charge is 0.169 e. The number of nitrogens with zero attached hydrogens (tertiary/aromatic N) is 3. The summed E-state index contributed by atoms with van der Waals surface area (Å²) in [6.45, 7) is 7.58. The van der Waals surface area contributed by atoms with Crippen LogP contribution in [0.5, 0.6) is 0 Å². The van der Waals surface area contributed by atoms with Gasteiger partial charge in [0.25, 0.3) is 0 Å². The van der Waals surface area contributed by atoms with Gasteiger partial charge in [-0.15, -0.1) is 11.3 Å². The molecular formula is C22H23N3S2. The Morgan fingerprint density at radius 1 is 1.04 bits per heavy atom. The van der Waals surface area contributed by atoms with Crippen LogP contribution in [0.3, 0.4) is 0 Å². The Bertz CT molecular complexity index is 1050. The Labute approximate surface area is 168 Å². The van der Waals surface area contributed by atoms with Crippen molar-refractivity contribution >= 4 is 34.1 Å². The first-order valence-corrected chi connectivity index (χ1v) is 11.1. The van der Waals surface area contributed by atoms with E-state index in [9.17, 15) is 0 Å². The molecule has 0 unspecified atom stereocenters. The van der Waals surface area contributed by atoms with Crippen LogP contribution in [0.15, 0.2) is 59.1 Å². The Hall–Kier alpha value is -2.11. The van der Waals surface area contributed by atoms with E-state index in [1.807, 2.05) is 0 Å². The molecule has 0 spiro atoms. The normalized spacial score (nSPS) is 11.6. The second-order valence-corrected chi connectivity index (χ2v) is 8.99. The minimum atomic E-state index is 0.578. The maximum Gasteiger partial charge on any atom is 0.169 e. The second-order valence-electron chi connectivity index (χ2n) is 7.19. The van der Waals surface area contributed by atoms with Crippen molar-refractivity contribution in [3.8, 4) is 10.6 Å². The van der Waals surface area contributed by atoms with Crippen molar-refractivity contribution in [1.82, 2.24) is 14.5 Å². The number of imidazole rings is 1. The lowest BCUT2D eigenvalue weighted by Crippen LogP contribution is -2.05. The molecule has 2 aromatic carbocycles. The fourth-order valence-corrected chi connectivity index (χ4v) is 4.89. The zero-order chi connectivity index (χ0) is 18.8. The first-order valence-electron chi connectivity index (χ1n) is 9.19. The van der Waals surface area contributed by atoms with E-state index < -0.39 is 0 Å². The van der Waals surface area contributed by atoms with Crippen molar-refractivity contribution in [3.05, 3.63) is 65.2 Å². The predicted octanol–water partition coefficient (Wildman–Crippen LogP) is 6.42. The minimum absolute atomic E-state index is 0.578. The number of fused-ring (bicyclic) bond motifs is 1. The van der Waals surface area contributed by atoms with Gasteiger partial charge >= 0.3 is 0 Å². The van der Waals surface area contributed by atoms with E-state index >= 15 is 0 Å². The van der Waals surface area contributed by atoms with Crippen LogP contribution in [0.1, 0.15) is 25.1 Å². The summed E-state index contributed by atoms with van der Waals surface area (Å²) < 4.78 is 2.35. The van der Waals surface area contributed by atoms with E-state index in [0.29, 0.717) is 5.92 Å². The van der Waals surface area contributed by atoms with E-state index in [1.54, 1.807) is 23.1 Å². The Balaban J connectivity index is 1.54. The second kappa shape index (κ2) is 7.87.